The van der Waals surface area contributed by atoms with Gasteiger partial charge in [-0.1, -0.05) is 24.3 Å². The molecule has 0 saturated carbocycles. The van der Waals surface area contributed by atoms with Gasteiger partial charge in [-0.3, -0.25) is 9.29 Å². The van der Waals surface area contributed by atoms with Gasteiger partial charge in [0.25, 0.3) is 0 Å². The summed E-state index contributed by atoms with van der Waals surface area (Å²) < 4.78 is 18.9. The highest BCUT2D eigenvalue weighted by Gasteiger charge is 2.24. The summed E-state index contributed by atoms with van der Waals surface area (Å²) in [6.45, 7) is 2.40. The van der Waals surface area contributed by atoms with Crippen molar-refractivity contribution >= 4 is 27.7 Å². The lowest BCUT2D eigenvalue weighted by molar-refractivity contribution is 0.198. The normalized spacial score (nSPS) is 18.2. The van der Waals surface area contributed by atoms with Crippen LogP contribution in [0.3, 0.4) is 0 Å². The van der Waals surface area contributed by atoms with Gasteiger partial charge in [0, 0.05) is 37.0 Å². The molecule has 1 aliphatic carbocycles. The molecule has 0 unspecified atom stereocenters. The minimum atomic E-state index is -0.254. The van der Waals surface area contributed by atoms with Crippen molar-refractivity contribution in [2.45, 2.75) is 38.2 Å². The number of anilines is 1. The predicted molar refractivity (Wildman–Crippen MR) is 151 cm³/mol. The number of halogens is 1. The van der Waals surface area contributed by atoms with Crippen LogP contribution >= 0.6 is 0 Å². The Kier molecular flexibility index (Phi) is 6.71. The monoisotopic (exact) mass is 495 g/mol. The number of alkyl halides is 1. The standard InChI is InChI=1S/C32H34FN3O/c33-15-2-17-36-18-14-28(21-36)37-27-9-5-22(6-10-27)32-29(24-7-12-31-25(19-24)13-16-35-31)4-1-3-23-20-26(34)8-11-30(23)32/h5-13,16,19-20,28,35H,1-4,14-15,17-18,21,34H2/t28-/m0/s1. The first-order valence-corrected chi connectivity index (χ1v) is 13.4. The van der Waals surface area contributed by atoms with Gasteiger partial charge in [0.15, 0.2) is 0 Å². The van der Waals surface area contributed by atoms with Crippen LogP contribution in [-0.4, -0.2) is 42.3 Å². The molecule has 3 aromatic carbocycles. The number of nitrogens with one attached hydrogen (secondary N) is 1. The van der Waals surface area contributed by atoms with Crippen molar-refractivity contribution in [2.24, 2.45) is 0 Å². The summed E-state index contributed by atoms with van der Waals surface area (Å²) in [6, 6.07) is 23.8. The second-order valence-electron chi connectivity index (χ2n) is 10.3. The predicted octanol–water partition coefficient (Wildman–Crippen LogP) is 6.86. The highest BCUT2D eigenvalue weighted by Crippen LogP contribution is 2.41. The molecule has 37 heavy (non-hydrogen) atoms. The van der Waals surface area contributed by atoms with E-state index in [1.54, 1.807) is 0 Å². The van der Waals surface area contributed by atoms with E-state index in [1.165, 1.54) is 38.8 Å². The minimum absolute atomic E-state index is 0.162. The quantitative estimate of drug-likeness (QED) is 0.276. The highest BCUT2D eigenvalue weighted by molar-refractivity contribution is 6.01. The SMILES string of the molecule is Nc1ccc2c(c1)CCCC(c1ccc3[nH]ccc3c1)=C2c1ccc(O[C@H]2CCN(CCCF)C2)cc1. The van der Waals surface area contributed by atoms with Gasteiger partial charge in [0.05, 0.1) is 6.67 Å². The van der Waals surface area contributed by atoms with Gasteiger partial charge in [-0.2, -0.15) is 0 Å². The van der Waals surface area contributed by atoms with Crippen LogP contribution in [0.5, 0.6) is 5.75 Å². The average molecular weight is 496 g/mol. The summed E-state index contributed by atoms with van der Waals surface area (Å²) in [7, 11) is 0. The summed E-state index contributed by atoms with van der Waals surface area (Å²) in [6.07, 6.45) is 6.86. The zero-order valence-electron chi connectivity index (χ0n) is 21.2. The number of aryl methyl sites for hydroxylation is 1. The van der Waals surface area contributed by atoms with Gasteiger partial charge in [-0.25, -0.2) is 0 Å². The smallest absolute Gasteiger partial charge is 0.119 e. The Morgan fingerprint density at radius 1 is 0.973 bits per heavy atom. The number of H-pyrrole nitrogens is 1. The maximum atomic E-state index is 12.5. The van der Waals surface area contributed by atoms with Gasteiger partial charge in [0.1, 0.15) is 11.9 Å². The van der Waals surface area contributed by atoms with E-state index in [0.29, 0.717) is 6.42 Å². The fourth-order valence-corrected chi connectivity index (χ4v) is 5.94. The lowest BCUT2D eigenvalue weighted by atomic mass is 9.87. The average Bonchev–Trinajstić information content (AvgIpc) is 3.53. The van der Waals surface area contributed by atoms with E-state index in [1.807, 2.05) is 12.3 Å². The van der Waals surface area contributed by atoms with Crippen LogP contribution in [0.1, 0.15) is 47.9 Å². The maximum Gasteiger partial charge on any atom is 0.119 e. The number of allylic oxidation sites excluding steroid dienone is 1. The van der Waals surface area contributed by atoms with E-state index in [-0.39, 0.29) is 12.8 Å². The number of benzene rings is 3. The van der Waals surface area contributed by atoms with Gasteiger partial charge >= 0.3 is 0 Å². The van der Waals surface area contributed by atoms with Crippen LogP contribution in [0.4, 0.5) is 10.1 Å². The summed E-state index contributed by atoms with van der Waals surface area (Å²) in [5.74, 6) is 0.892. The Bertz CT molecular complexity index is 1420. The molecule has 1 fully saturated rings. The number of nitrogens with zero attached hydrogens (tertiary/aromatic N) is 1. The zero-order chi connectivity index (χ0) is 25.2. The number of ether oxygens (including phenoxy) is 1. The largest absolute Gasteiger partial charge is 0.489 e. The molecule has 4 aromatic rings. The van der Waals surface area contributed by atoms with E-state index in [9.17, 15) is 4.39 Å². The van der Waals surface area contributed by atoms with Gasteiger partial charge in [0.2, 0.25) is 0 Å². The van der Waals surface area contributed by atoms with E-state index in [2.05, 4.69) is 70.5 Å². The number of rotatable bonds is 7. The summed E-state index contributed by atoms with van der Waals surface area (Å²) >= 11 is 0. The van der Waals surface area contributed by atoms with Crippen LogP contribution in [0.2, 0.25) is 0 Å². The van der Waals surface area contributed by atoms with Crippen molar-refractivity contribution in [3.8, 4) is 5.75 Å². The third-order valence-corrected chi connectivity index (χ3v) is 7.76. The maximum absolute atomic E-state index is 12.5. The highest BCUT2D eigenvalue weighted by atomic mass is 19.1. The van der Waals surface area contributed by atoms with Crippen molar-refractivity contribution < 1.29 is 9.13 Å². The van der Waals surface area contributed by atoms with Crippen molar-refractivity contribution in [1.82, 2.24) is 9.88 Å². The minimum Gasteiger partial charge on any atom is -0.489 e. The number of aromatic nitrogens is 1. The van der Waals surface area contributed by atoms with E-state index >= 15 is 0 Å². The molecule has 4 nitrogen and oxygen atoms in total. The van der Waals surface area contributed by atoms with E-state index in [0.717, 1.165) is 62.3 Å². The first-order valence-electron chi connectivity index (χ1n) is 13.4. The number of hydrogen-bond acceptors (Lipinski definition) is 3. The van der Waals surface area contributed by atoms with Crippen LogP contribution in [0, 0.1) is 0 Å². The van der Waals surface area contributed by atoms with Crippen LogP contribution in [0.25, 0.3) is 22.0 Å². The molecule has 2 heterocycles. The Morgan fingerprint density at radius 2 is 1.84 bits per heavy atom. The number of nitrogen functional groups attached to an aromatic ring is 1. The fraction of sp³-hybridized carbons (Fsp3) is 0.312. The molecule has 2 aliphatic rings. The van der Waals surface area contributed by atoms with Crippen LogP contribution in [0.15, 0.2) is 72.9 Å². The third-order valence-electron chi connectivity index (χ3n) is 7.76. The third kappa shape index (κ3) is 5.01. The molecule has 1 aliphatic heterocycles. The summed E-state index contributed by atoms with van der Waals surface area (Å²) in [5, 5.41) is 1.23. The summed E-state index contributed by atoms with van der Waals surface area (Å²) in [4.78, 5) is 5.61. The molecule has 0 radical (unpaired) electrons. The fourth-order valence-electron chi connectivity index (χ4n) is 5.94. The van der Waals surface area contributed by atoms with Gasteiger partial charge in [-0.15, -0.1) is 0 Å². The molecule has 190 valence electrons. The van der Waals surface area contributed by atoms with Gasteiger partial charge in [-0.05, 0) is 113 Å². The first kappa shape index (κ1) is 23.8. The van der Waals surface area contributed by atoms with Crippen LogP contribution < -0.4 is 10.5 Å². The molecular formula is C32H34FN3O. The molecule has 3 N–H and O–H groups in total. The van der Waals surface area contributed by atoms with E-state index < -0.39 is 0 Å². The molecule has 0 bridgehead atoms. The number of likely N-dealkylation sites (tertiary alicyclic amines) is 1. The number of aromatic amines is 1. The molecule has 1 saturated heterocycles. The summed E-state index contributed by atoms with van der Waals surface area (Å²) in [5.41, 5.74) is 15.9. The topological polar surface area (TPSA) is 54.3 Å². The van der Waals surface area contributed by atoms with Crippen molar-refractivity contribution in [3.63, 3.8) is 0 Å². The van der Waals surface area contributed by atoms with Crippen LogP contribution in [-0.2, 0) is 6.42 Å². The second kappa shape index (κ2) is 10.4. The first-order chi connectivity index (χ1) is 18.2. The molecule has 1 aromatic heterocycles. The lowest BCUT2D eigenvalue weighted by Gasteiger charge is -2.19. The Labute approximate surface area is 217 Å². The molecule has 1 atom stereocenters. The lowest BCUT2D eigenvalue weighted by Crippen LogP contribution is -2.26. The number of nitrogens with two attached hydrogens (primary N) is 1. The molecule has 0 amide bonds. The molecule has 0 spiro atoms. The second-order valence-corrected chi connectivity index (χ2v) is 10.3. The van der Waals surface area contributed by atoms with Crippen molar-refractivity contribution in [2.75, 3.05) is 32.0 Å². The van der Waals surface area contributed by atoms with Crippen molar-refractivity contribution in [1.29, 1.82) is 0 Å². The molecule has 5 heteroatoms. The van der Waals surface area contributed by atoms with Crippen molar-refractivity contribution in [3.05, 3.63) is 95.2 Å². The van der Waals surface area contributed by atoms with Gasteiger partial charge < -0.3 is 15.5 Å². The number of hydrogen-bond donors (Lipinski definition) is 2. The van der Waals surface area contributed by atoms with E-state index in [4.69, 9.17) is 10.5 Å². The molecule has 6 rings (SSSR count). The molecular weight excluding hydrogens is 461 g/mol. The Hall–Kier alpha value is -3.57. The Morgan fingerprint density at radius 3 is 2.70 bits per heavy atom. The number of fused-ring (bicyclic) bond motifs is 2. The zero-order valence-corrected chi connectivity index (χ0v) is 21.2. The Balaban J connectivity index is 1.35.